The topological polar surface area (TPSA) is 56.8 Å². The number of halogens is 1. The Kier molecular flexibility index (Phi) is 6.62. The molecule has 0 radical (unpaired) electrons. The highest BCUT2D eigenvalue weighted by Gasteiger charge is 2.09. The number of ether oxygens (including phenoxy) is 3. The van der Waals surface area contributed by atoms with Crippen LogP contribution in [0.2, 0.25) is 0 Å². The molecule has 0 aliphatic rings. The van der Waals surface area contributed by atoms with Gasteiger partial charge in [-0.1, -0.05) is 6.07 Å². The highest BCUT2D eigenvalue weighted by Crippen LogP contribution is 2.28. The minimum Gasteiger partial charge on any atom is -0.493 e. The van der Waals surface area contributed by atoms with Crippen molar-refractivity contribution < 1.29 is 23.4 Å². The average Bonchev–Trinajstić information content (AvgIpc) is 2.60. The second-order valence-corrected chi connectivity index (χ2v) is 5.67. The van der Waals surface area contributed by atoms with Gasteiger partial charge in [-0.25, -0.2) is 4.39 Å². The number of hydrogen-bond donors (Lipinski definition) is 1. The van der Waals surface area contributed by atoms with Gasteiger partial charge in [0.25, 0.3) is 5.91 Å². The Morgan fingerprint density at radius 3 is 2.48 bits per heavy atom. The summed E-state index contributed by atoms with van der Waals surface area (Å²) in [6.45, 7) is 4.07. The maximum absolute atomic E-state index is 12.8. The van der Waals surface area contributed by atoms with Crippen LogP contribution in [0.15, 0.2) is 42.5 Å². The molecule has 2 aromatic rings. The smallest absolute Gasteiger partial charge is 0.258 e. The van der Waals surface area contributed by atoms with E-state index < -0.39 is 0 Å². The summed E-state index contributed by atoms with van der Waals surface area (Å²) in [7, 11) is 1.57. The number of hydrogen-bond acceptors (Lipinski definition) is 4. The predicted molar refractivity (Wildman–Crippen MR) is 92.5 cm³/mol. The van der Waals surface area contributed by atoms with Crippen LogP contribution in [0.4, 0.5) is 4.39 Å². The summed E-state index contributed by atoms with van der Waals surface area (Å²) >= 11 is 0. The molecule has 1 amide bonds. The molecule has 6 heteroatoms. The van der Waals surface area contributed by atoms with Crippen LogP contribution < -0.4 is 19.5 Å². The number of amides is 1. The van der Waals surface area contributed by atoms with Gasteiger partial charge in [-0.05, 0) is 55.8 Å². The van der Waals surface area contributed by atoms with Gasteiger partial charge < -0.3 is 19.5 Å². The minimum absolute atomic E-state index is 0.0445. The lowest BCUT2D eigenvalue weighted by Crippen LogP contribution is -2.28. The maximum atomic E-state index is 12.8. The largest absolute Gasteiger partial charge is 0.493 e. The predicted octanol–water partition coefficient (Wildman–Crippen LogP) is 3.32. The van der Waals surface area contributed by atoms with E-state index in [1.54, 1.807) is 7.11 Å². The second kappa shape index (κ2) is 8.92. The van der Waals surface area contributed by atoms with Gasteiger partial charge in [0.15, 0.2) is 18.1 Å². The van der Waals surface area contributed by atoms with Crippen LogP contribution in [-0.2, 0) is 11.3 Å². The molecule has 0 aromatic heterocycles. The molecule has 0 unspecified atom stereocenters. The van der Waals surface area contributed by atoms with Crippen molar-refractivity contribution in [1.82, 2.24) is 5.32 Å². The van der Waals surface area contributed by atoms with Crippen LogP contribution in [0.5, 0.6) is 17.2 Å². The lowest BCUT2D eigenvalue weighted by molar-refractivity contribution is -0.123. The fourth-order valence-electron chi connectivity index (χ4n) is 2.10. The summed E-state index contributed by atoms with van der Waals surface area (Å²) in [6, 6.07) is 11.0. The molecule has 2 aromatic carbocycles. The number of methoxy groups -OCH3 is 1. The van der Waals surface area contributed by atoms with Gasteiger partial charge in [0, 0.05) is 6.54 Å². The third-order valence-electron chi connectivity index (χ3n) is 3.26. The number of carbonyl (C=O) groups excluding carboxylic acids is 1. The van der Waals surface area contributed by atoms with E-state index in [0.717, 1.165) is 5.56 Å². The Morgan fingerprint density at radius 2 is 1.84 bits per heavy atom. The van der Waals surface area contributed by atoms with Crippen LogP contribution in [0, 0.1) is 5.82 Å². The van der Waals surface area contributed by atoms with Gasteiger partial charge in [0.05, 0.1) is 13.2 Å². The quantitative estimate of drug-likeness (QED) is 0.796. The molecule has 1 N–H and O–H groups in total. The van der Waals surface area contributed by atoms with E-state index in [1.165, 1.54) is 24.3 Å². The molecule has 0 fully saturated rings. The molecule has 0 aliphatic carbocycles. The van der Waals surface area contributed by atoms with Crippen molar-refractivity contribution in [2.24, 2.45) is 0 Å². The van der Waals surface area contributed by atoms with Gasteiger partial charge in [-0.15, -0.1) is 0 Å². The molecule has 0 saturated heterocycles. The van der Waals surface area contributed by atoms with Gasteiger partial charge in [-0.2, -0.15) is 0 Å². The van der Waals surface area contributed by atoms with Gasteiger partial charge in [-0.3, -0.25) is 4.79 Å². The molecule has 0 saturated carbocycles. The molecule has 134 valence electrons. The monoisotopic (exact) mass is 347 g/mol. The number of benzene rings is 2. The lowest BCUT2D eigenvalue weighted by Gasteiger charge is -2.14. The summed E-state index contributed by atoms with van der Waals surface area (Å²) in [4.78, 5) is 11.9. The van der Waals surface area contributed by atoms with E-state index >= 15 is 0 Å². The highest BCUT2D eigenvalue weighted by molar-refractivity contribution is 5.77. The van der Waals surface area contributed by atoms with Crippen molar-refractivity contribution in [1.29, 1.82) is 0 Å². The third-order valence-corrected chi connectivity index (χ3v) is 3.26. The first kappa shape index (κ1) is 18.6. The first-order valence-electron chi connectivity index (χ1n) is 7.96. The maximum Gasteiger partial charge on any atom is 0.258 e. The summed E-state index contributed by atoms with van der Waals surface area (Å²) in [5, 5.41) is 2.76. The zero-order chi connectivity index (χ0) is 18.2. The Morgan fingerprint density at radius 1 is 1.12 bits per heavy atom. The molecule has 2 rings (SSSR count). The van der Waals surface area contributed by atoms with E-state index in [1.807, 2.05) is 32.0 Å². The van der Waals surface area contributed by atoms with E-state index in [2.05, 4.69) is 5.32 Å². The summed E-state index contributed by atoms with van der Waals surface area (Å²) in [6.07, 6.45) is 0.0445. The SMILES string of the molecule is COc1cc(CNC(=O)COc2ccc(F)cc2)ccc1OC(C)C. The van der Waals surface area contributed by atoms with E-state index in [-0.39, 0.29) is 24.4 Å². The first-order chi connectivity index (χ1) is 12.0. The van der Waals surface area contributed by atoms with Crippen LogP contribution in [0.3, 0.4) is 0 Å². The molecule has 5 nitrogen and oxygen atoms in total. The Bertz CT molecular complexity index is 701. The Labute approximate surface area is 146 Å². The van der Waals surface area contributed by atoms with Crippen molar-refractivity contribution in [2.75, 3.05) is 13.7 Å². The van der Waals surface area contributed by atoms with Crippen LogP contribution in [0.25, 0.3) is 0 Å². The lowest BCUT2D eigenvalue weighted by atomic mass is 10.2. The summed E-state index contributed by atoms with van der Waals surface area (Å²) < 4.78 is 29.1. The van der Waals surface area contributed by atoms with E-state index in [0.29, 0.717) is 23.8 Å². The third kappa shape index (κ3) is 5.99. The highest BCUT2D eigenvalue weighted by atomic mass is 19.1. The summed E-state index contributed by atoms with van der Waals surface area (Å²) in [5.41, 5.74) is 0.878. The standard InChI is InChI=1S/C19H22FNO4/c1-13(2)25-17-9-4-14(10-18(17)23-3)11-21-19(22)12-24-16-7-5-15(20)6-8-16/h4-10,13H,11-12H2,1-3H3,(H,21,22). The van der Waals surface area contributed by atoms with Crippen LogP contribution in [0.1, 0.15) is 19.4 Å². The van der Waals surface area contributed by atoms with Crippen molar-refractivity contribution in [3.8, 4) is 17.2 Å². The van der Waals surface area contributed by atoms with Crippen LogP contribution in [-0.4, -0.2) is 25.7 Å². The molecular formula is C19H22FNO4. The van der Waals surface area contributed by atoms with E-state index in [4.69, 9.17) is 14.2 Å². The average molecular weight is 347 g/mol. The van der Waals surface area contributed by atoms with Gasteiger partial charge in [0.1, 0.15) is 11.6 Å². The molecule has 25 heavy (non-hydrogen) atoms. The molecule has 0 atom stereocenters. The molecular weight excluding hydrogens is 325 g/mol. The first-order valence-corrected chi connectivity index (χ1v) is 7.96. The number of rotatable bonds is 8. The van der Waals surface area contributed by atoms with E-state index in [9.17, 15) is 9.18 Å². The minimum atomic E-state index is -0.351. The number of nitrogens with one attached hydrogen (secondary N) is 1. The van der Waals surface area contributed by atoms with Crippen molar-refractivity contribution in [2.45, 2.75) is 26.5 Å². The van der Waals surface area contributed by atoms with Crippen LogP contribution >= 0.6 is 0 Å². The van der Waals surface area contributed by atoms with Crippen molar-refractivity contribution >= 4 is 5.91 Å². The normalized spacial score (nSPS) is 10.4. The Hall–Kier alpha value is -2.76. The van der Waals surface area contributed by atoms with Crippen molar-refractivity contribution in [3.63, 3.8) is 0 Å². The zero-order valence-corrected chi connectivity index (χ0v) is 14.5. The number of carbonyl (C=O) groups is 1. The second-order valence-electron chi connectivity index (χ2n) is 5.67. The molecule has 0 spiro atoms. The van der Waals surface area contributed by atoms with Crippen molar-refractivity contribution in [3.05, 3.63) is 53.8 Å². The van der Waals surface area contributed by atoms with Gasteiger partial charge >= 0.3 is 0 Å². The fourth-order valence-corrected chi connectivity index (χ4v) is 2.10. The fraction of sp³-hybridized carbons (Fsp3) is 0.316. The summed E-state index contributed by atoms with van der Waals surface area (Å²) in [5.74, 6) is 1.09. The van der Waals surface area contributed by atoms with Gasteiger partial charge in [0.2, 0.25) is 0 Å². The Balaban J connectivity index is 1.85. The molecule has 0 heterocycles. The molecule has 0 bridgehead atoms. The molecule has 0 aliphatic heterocycles. The zero-order valence-electron chi connectivity index (χ0n) is 14.5.